The summed E-state index contributed by atoms with van der Waals surface area (Å²) < 4.78 is 0. The molecule has 1 aliphatic carbocycles. The highest BCUT2D eigenvalue weighted by Gasteiger charge is 2.35. The molecular weight excluding hydrogens is 258 g/mol. The molecule has 0 aromatic heterocycles. The van der Waals surface area contributed by atoms with Crippen molar-refractivity contribution in [3.8, 4) is 0 Å². The van der Waals surface area contributed by atoms with Crippen molar-refractivity contribution < 1.29 is 0 Å². The average Bonchev–Trinajstić information content (AvgIpc) is 3.34. The zero-order chi connectivity index (χ0) is 14.5. The Labute approximate surface area is 131 Å². The molecule has 1 saturated carbocycles. The van der Waals surface area contributed by atoms with Crippen molar-refractivity contribution in [3.63, 3.8) is 0 Å². The number of likely N-dealkylation sites (tertiary alicyclic amines) is 1. The number of nitrogens with one attached hydrogen (secondary N) is 1. The van der Waals surface area contributed by atoms with Gasteiger partial charge in [0.2, 0.25) is 0 Å². The van der Waals surface area contributed by atoms with Gasteiger partial charge in [-0.2, -0.15) is 0 Å². The number of nitrogens with zero attached hydrogens (tertiary/aromatic N) is 2. The molecule has 2 heterocycles. The third kappa shape index (κ3) is 4.67. The van der Waals surface area contributed by atoms with Crippen LogP contribution in [0.2, 0.25) is 0 Å². The van der Waals surface area contributed by atoms with Crippen LogP contribution < -0.4 is 5.32 Å². The van der Waals surface area contributed by atoms with E-state index >= 15 is 0 Å². The molecule has 0 radical (unpaired) electrons. The van der Waals surface area contributed by atoms with Gasteiger partial charge in [-0.25, -0.2) is 0 Å². The van der Waals surface area contributed by atoms with E-state index in [2.05, 4.69) is 22.0 Å². The molecule has 0 spiro atoms. The van der Waals surface area contributed by atoms with Crippen LogP contribution in [0.1, 0.15) is 58.3 Å². The largest absolute Gasteiger partial charge is 0.317 e. The van der Waals surface area contributed by atoms with Crippen molar-refractivity contribution in [1.29, 1.82) is 0 Å². The maximum atomic E-state index is 3.52. The lowest BCUT2D eigenvalue weighted by atomic mass is 9.95. The van der Waals surface area contributed by atoms with Crippen LogP contribution in [0.4, 0.5) is 0 Å². The Bertz CT molecular complexity index is 297. The molecule has 1 N–H and O–H groups in total. The molecular formula is C18H35N3. The Morgan fingerprint density at radius 3 is 2.43 bits per heavy atom. The van der Waals surface area contributed by atoms with E-state index in [0.717, 1.165) is 18.0 Å². The van der Waals surface area contributed by atoms with Crippen LogP contribution >= 0.6 is 0 Å². The van der Waals surface area contributed by atoms with Crippen molar-refractivity contribution in [2.75, 3.05) is 39.3 Å². The van der Waals surface area contributed by atoms with Gasteiger partial charge in [0.25, 0.3) is 0 Å². The highest BCUT2D eigenvalue weighted by Crippen LogP contribution is 2.33. The van der Waals surface area contributed by atoms with Crippen molar-refractivity contribution in [2.24, 2.45) is 5.92 Å². The highest BCUT2D eigenvalue weighted by molar-refractivity contribution is 4.91. The maximum absolute atomic E-state index is 3.52. The van der Waals surface area contributed by atoms with Crippen LogP contribution in [0.5, 0.6) is 0 Å². The molecule has 3 nitrogen and oxygen atoms in total. The number of hydrogen-bond acceptors (Lipinski definition) is 3. The third-order valence-corrected chi connectivity index (χ3v) is 5.74. The van der Waals surface area contributed by atoms with E-state index in [1.54, 1.807) is 0 Å². The first-order valence-corrected chi connectivity index (χ1v) is 9.55. The summed E-state index contributed by atoms with van der Waals surface area (Å²) in [5.74, 6) is 0.960. The molecule has 3 fully saturated rings. The summed E-state index contributed by atoms with van der Waals surface area (Å²) in [6.07, 6.45) is 11.3. The zero-order valence-electron chi connectivity index (χ0n) is 14.0. The van der Waals surface area contributed by atoms with Crippen LogP contribution in [0.25, 0.3) is 0 Å². The van der Waals surface area contributed by atoms with Crippen LogP contribution in [-0.4, -0.2) is 61.2 Å². The lowest BCUT2D eigenvalue weighted by Crippen LogP contribution is -2.43. The predicted octanol–water partition coefficient (Wildman–Crippen LogP) is 2.71. The van der Waals surface area contributed by atoms with Gasteiger partial charge in [0.15, 0.2) is 0 Å². The van der Waals surface area contributed by atoms with Crippen molar-refractivity contribution in [1.82, 2.24) is 15.1 Å². The lowest BCUT2D eigenvalue weighted by molar-refractivity contribution is 0.130. The molecule has 3 rings (SSSR count). The number of piperidine rings is 1. The van der Waals surface area contributed by atoms with E-state index in [-0.39, 0.29) is 0 Å². The minimum atomic E-state index is 0.884. The molecule has 122 valence electrons. The quantitative estimate of drug-likeness (QED) is 0.812. The van der Waals surface area contributed by atoms with Crippen molar-refractivity contribution >= 4 is 0 Å². The minimum absolute atomic E-state index is 0.884. The molecule has 0 bridgehead atoms. The second-order valence-corrected chi connectivity index (χ2v) is 7.55. The van der Waals surface area contributed by atoms with Gasteiger partial charge >= 0.3 is 0 Å². The smallest absolute Gasteiger partial charge is 0.0111 e. The van der Waals surface area contributed by atoms with Gasteiger partial charge in [-0.15, -0.1) is 0 Å². The Morgan fingerprint density at radius 2 is 1.71 bits per heavy atom. The molecule has 2 aliphatic heterocycles. The summed E-state index contributed by atoms with van der Waals surface area (Å²) in [6, 6.07) is 1.83. The molecule has 0 aromatic rings. The van der Waals surface area contributed by atoms with Crippen LogP contribution in [0.3, 0.4) is 0 Å². The fourth-order valence-electron chi connectivity index (χ4n) is 4.37. The van der Waals surface area contributed by atoms with Gasteiger partial charge < -0.3 is 10.2 Å². The van der Waals surface area contributed by atoms with E-state index in [0.29, 0.717) is 0 Å². The second-order valence-electron chi connectivity index (χ2n) is 7.55. The van der Waals surface area contributed by atoms with E-state index in [1.807, 2.05) is 0 Å². The lowest BCUT2D eigenvalue weighted by Gasteiger charge is -2.36. The number of hydrogen-bond donors (Lipinski definition) is 1. The summed E-state index contributed by atoms with van der Waals surface area (Å²) in [5.41, 5.74) is 0. The minimum Gasteiger partial charge on any atom is -0.317 e. The summed E-state index contributed by atoms with van der Waals surface area (Å²) in [4.78, 5) is 5.65. The average molecular weight is 293 g/mol. The fraction of sp³-hybridized carbons (Fsp3) is 1.00. The van der Waals surface area contributed by atoms with Gasteiger partial charge in [-0.3, -0.25) is 4.90 Å². The third-order valence-electron chi connectivity index (χ3n) is 5.74. The SMILES string of the molecule is CCCN1CCCC(N(CC2CCNCC2)C2CC2)CC1. The van der Waals surface area contributed by atoms with Crippen LogP contribution in [-0.2, 0) is 0 Å². The summed E-state index contributed by atoms with van der Waals surface area (Å²) in [6.45, 7) is 10.2. The molecule has 2 saturated heterocycles. The van der Waals surface area contributed by atoms with Gasteiger partial charge in [0.05, 0.1) is 0 Å². The Kier molecular flexibility index (Phi) is 5.96. The number of rotatable bonds is 6. The Hall–Kier alpha value is -0.120. The maximum Gasteiger partial charge on any atom is 0.0111 e. The summed E-state index contributed by atoms with van der Waals surface area (Å²) >= 11 is 0. The molecule has 21 heavy (non-hydrogen) atoms. The molecule has 3 heteroatoms. The van der Waals surface area contributed by atoms with Crippen molar-refractivity contribution in [2.45, 2.75) is 70.4 Å². The molecule has 0 aromatic carbocycles. The van der Waals surface area contributed by atoms with Gasteiger partial charge in [0, 0.05) is 18.6 Å². The first-order chi connectivity index (χ1) is 10.4. The van der Waals surface area contributed by atoms with E-state index in [9.17, 15) is 0 Å². The van der Waals surface area contributed by atoms with Crippen LogP contribution in [0, 0.1) is 5.92 Å². The van der Waals surface area contributed by atoms with E-state index < -0.39 is 0 Å². The van der Waals surface area contributed by atoms with Crippen LogP contribution in [0.15, 0.2) is 0 Å². The first kappa shape index (κ1) is 15.8. The molecule has 1 atom stereocenters. The molecule has 1 unspecified atom stereocenters. The van der Waals surface area contributed by atoms with E-state index in [4.69, 9.17) is 0 Å². The van der Waals surface area contributed by atoms with Gasteiger partial charge in [-0.1, -0.05) is 6.92 Å². The van der Waals surface area contributed by atoms with Crippen molar-refractivity contribution in [3.05, 3.63) is 0 Å². The fourth-order valence-corrected chi connectivity index (χ4v) is 4.37. The van der Waals surface area contributed by atoms with Gasteiger partial charge in [-0.05, 0) is 90.0 Å². The topological polar surface area (TPSA) is 18.5 Å². The summed E-state index contributed by atoms with van der Waals surface area (Å²) in [5, 5.41) is 3.52. The zero-order valence-corrected chi connectivity index (χ0v) is 14.0. The Morgan fingerprint density at radius 1 is 0.952 bits per heavy atom. The Balaban J connectivity index is 1.53. The molecule has 0 amide bonds. The standard InChI is InChI=1S/C18H35N3/c1-2-12-20-13-3-4-17(9-14-20)21(18-5-6-18)15-16-7-10-19-11-8-16/h16-19H,2-15H2,1H3. The predicted molar refractivity (Wildman–Crippen MR) is 89.7 cm³/mol. The highest BCUT2D eigenvalue weighted by atomic mass is 15.2. The molecule has 3 aliphatic rings. The van der Waals surface area contributed by atoms with E-state index in [1.165, 1.54) is 90.6 Å². The first-order valence-electron chi connectivity index (χ1n) is 9.55. The van der Waals surface area contributed by atoms with Gasteiger partial charge in [0.1, 0.15) is 0 Å². The summed E-state index contributed by atoms with van der Waals surface area (Å²) in [7, 11) is 0. The second kappa shape index (κ2) is 7.94. The monoisotopic (exact) mass is 293 g/mol. The normalized spacial score (nSPS) is 29.7.